The molecular formula is C21H19ClN2O5. The number of nitrogens with one attached hydrogen (secondary N) is 2. The summed E-state index contributed by atoms with van der Waals surface area (Å²) in [6.45, 7) is -0.451. The SMILES string of the molecule is O=C(O)COc1cccc2c1CC(NC(=O)c1cc3cc(Cl)ccc3[nH]1)[C@H](O)C2. The van der Waals surface area contributed by atoms with Crippen LogP contribution in [0.1, 0.15) is 21.6 Å². The first-order chi connectivity index (χ1) is 13.9. The number of benzene rings is 2. The average molecular weight is 415 g/mol. The lowest BCUT2D eigenvalue weighted by Gasteiger charge is -2.31. The summed E-state index contributed by atoms with van der Waals surface area (Å²) in [6.07, 6.45) is -0.0864. The predicted octanol–water partition coefficient (Wildman–Crippen LogP) is 2.54. The van der Waals surface area contributed by atoms with E-state index in [0.29, 0.717) is 29.3 Å². The van der Waals surface area contributed by atoms with E-state index in [1.165, 1.54) is 0 Å². The minimum absolute atomic E-state index is 0.337. The number of aromatic nitrogens is 1. The zero-order valence-corrected chi connectivity index (χ0v) is 16.1. The summed E-state index contributed by atoms with van der Waals surface area (Å²) in [5.74, 6) is -0.952. The molecule has 29 heavy (non-hydrogen) atoms. The Labute approximate surface area is 171 Å². The Balaban J connectivity index is 1.53. The van der Waals surface area contributed by atoms with Gasteiger partial charge in [-0.2, -0.15) is 0 Å². The number of rotatable bonds is 5. The van der Waals surface area contributed by atoms with E-state index >= 15 is 0 Å². The molecular weight excluding hydrogens is 396 g/mol. The number of carbonyl (C=O) groups excluding carboxylic acids is 1. The minimum Gasteiger partial charge on any atom is -0.482 e. The van der Waals surface area contributed by atoms with E-state index < -0.39 is 24.7 Å². The van der Waals surface area contributed by atoms with Crippen LogP contribution in [0.4, 0.5) is 0 Å². The second-order valence-corrected chi connectivity index (χ2v) is 7.48. The number of aliphatic carboxylic acids is 1. The molecule has 8 heteroatoms. The molecule has 2 atom stereocenters. The van der Waals surface area contributed by atoms with E-state index in [-0.39, 0.29) is 5.91 Å². The normalized spacial score (nSPS) is 18.3. The number of aliphatic hydroxyl groups is 1. The number of aromatic amines is 1. The Morgan fingerprint density at radius 3 is 2.83 bits per heavy atom. The van der Waals surface area contributed by atoms with Gasteiger partial charge in [0.1, 0.15) is 11.4 Å². The number of halogens is 1. The van der Waals surface area contributed by atoms with E-state index in [1.807, 2.05) is 6.07 Å². The summed E-state index contributed by atoms with van der Waals surface area (Å²) in [7, 11) is 0. The second kappa shape index (κ2) is 7.77. The summed E-state index contributed by atoms with van der Waals surface area (Å²) >= 11 is 5.99. The maximum absolute atomic E-state index is 12.7. The molecule has 3 aromatic rings. The number of carboxylic acid groups (broad SMARTS) is 1. The zero-order valence-electron chi connectivity index (χ0n) is 15.3. The van der Waals surface area contributed by atoms with Crippen LogP contribution >= 0.6 is 11.6 Å². The molecule has 0 saturated carbocycles. The van der Waals surface area contributed by atoms with Crippen LogP contribution in [0.3, 0.4) is 0 Å². The summed E-state index contributed by atoms with van der Waals surface area (Å²) in [6, 6.07) is 11.8. The molecule has 0 spiro atoms. The topological polar surface area (TPSA) is 112 Å². The highest BCUT2D eigenvalue weighted by Gasteiger charge is 2.30. The quantitative estimate of drug-likeness (QED) is 0.512. The van der Waals surface area contributed by atoms with Gasteiger partial charge in [-0.1, -0.05) is 23.7 Å². The Bertz CT molecular complexity index is 1090. The van der Waals surface area contributed by atoms with Crippen molar-refractivity contribution < 1.29 is 24.5 Å². The number of ether oxygens (including phenoxy) is 1. The van der Waals surface area contributed by atoms with Crippen molar-refractivity contribution in [2.45, 2.75) is 25.0 Å². The summed E-state index contributed by atoms with van der Waals surface area (Å²) < 4.78 is 5.38. The molecule has 7 nitrogen and oxygen atoms in total. The monoisotopic (exact) mass is 414 g/mol. The van der Waals surface area contributed by atoms with Crippen molar-refractivity contribution in [1.29, 1.82) is 0 Å². The van der Waals surface area contributed by atoms with Gasteiger partial charge in [-0.25, -0.2) is 4.79 Å². The van der Waals surface area contributed by atoms with Gasteiger partial charge in [-0.3, -0.25) is 4.79 Å². The number of aliphatic hydroxyl groups excluding tert-OH is 1. The zero-order chi connectivity index (χ0) is 20.5. The minimum atomic E-state index is -1.07. The molecule has 0 fully saturated rings. The van der Waals surface area contributed by atoms with Crippen molar-refractivity contribution in [3.05, 3.63) is 64.3 Å². The van der Waals surface area contributed by atoms with E-state index in [4.69, 9.17) is 21.4 Å². The van der Waals surface area contributed by atoms with Crippen LogP contribution in [-0.4, -0.2) is 45.8 Å². The molecule has 1 amide bonds. The molecule has 0 radical (unpaired) electrons. The molecule has 0 bridgehead atoms. The summed E-state index contributed by atoms with van der Waals surface area (Å²) in [5.41, 5.74) is 2.84. The molecule has 150 valence electrons. The molecule has 1 unspecified atom stereocenters. The molecule has 4 N–H and O–H groups in total. The number of H-pyrrole nitrogens is 1. The molecule has 1 aliphatic rings. The second-order valence-electron chi connectivity index (χ2n) is 7.05. The fraction of sp³-hybridized carbons (Fsp3) is 0.238. The molecule has 4 rings (SSSR count). The first-order valence-corrected chi connectivity index (χ1v) is 9.51. The van der Waals surface area contributed by atoms with Gasteiger partial charge < -0.3 is 25.3 Å². The third-order valence-corrected chi connectivity index (χ3v) is 5.28. The highest BCUT2D eigenvalue weighted by atomic mass is 35.5. The molecule has 1 aliphatic carbocycles. The van der Waals surface area contributed by atoms with E-state index in [9.17, 15) is 14.7 Å². The van der Waals surface area contributed by atoms with Gasteiger partial charge >= 0.3 is 5.97 Å². The maximum atomic E-state index is 12.7. The molecule has 1 aromatic heterocycles. The van der Waals surface area contributed by atoms with Crippen molar-refractivity contribution in [2.75, 3.05) is 6.61 Å². The van der Waals surface area contributed by atoms with Crippen LogP contribution in [-0.2, 0) is 17.6 Å². The van der Waals surface area contributed by atoms with Gasteiger partial charge in [0.25, 0.3) is 5.91 Å². The van der Waals surface area contributed by atoms with Crippen LogP contribution in [0, 0.1) is 0 Å². The first kappa shape index (κ1) is 19.3. The number of fused-ring (bicyclic) bond motifs is 2. The highest BCUT2D eigenvalue weighted by Crippen LogP contribution is 2.30. The van der Waals surface area contributed by atoms with Crippen LogP contribution < -0.4 is 10.1 Å². The van der Waals surface area contributed by atoms with E-state index in [0.717, 1.165) is 22.0 Å². The fourth-order valence-corrected chi connectivity index (χ4v) is 3.83. The van der Waals surface area contributed by atoms with Crippen molar-refractivity contribution in [3.63, 3.8) is 0 Å². The van der Waals surface area contributed by atoms with Gasteiger partial charge in [0, 0.05) is 22.3 Å². The van der Waals surface area contributed by atoms with Gasteiger partial charge in [0.15, 0.2) is 6.61 Å². The number of amides is 1. The van der Waals surface area contributed by atoms with Gasteiger partial charge in [-0.05, 0) is 47.9 Å². The summed E-state index contributed by atoms with van der Waals surface area (Å²) in [5, 5.41) is 23.7. The first-order valence-electron chi connectivity index (χ1n) is 9.13. The van der Waals surface area contributed by atoms with Crippen LogP contribution in [0.25, 0.3) is 10.9 Å². The largest absolute Gasteiger partial charge is 0.482 e. The molecule has 1 heterocycles. The average Bonchev–Trinajstić information content (AvgIpc) is 3.10. The van der Waals surface area contributed by atoms with Crippen molar-refractivity contribution in [2.24, 2.45) is 0 Å². The number of hydrogen-bond acceptors (Lipinski definition) is 4. The van der Waals surface area contributed by atoms with Crippen LogP contribution in [0.2, 0.25) is 5.02 Å². The van der Waals surface area contributed by atoms with E-state index in [2.05, 4.69) is 10.3 Å². The van der Waals surface area contributed by atoms with Crippen LogP contribution in [0.15, 0.2) is 42.5 Å². The van der Waals surface area contributed by atoms with E-state index in [1.54, 1.807) is 36.4 Å². The van der Waals surface area contributed by atoms with Gasteiger partial charge in [0.2, 0.25) is 0 Å². The summed E-state index contributed by atoms with van der Waals surface area (Å²) in [4.78, 5) is 26.6. The lowest BCUT2D eigenvalue weighted by Crippen LogP contribution is -2.48. The van der Waals surface area contributed by atoms with Crippen molar-refractivity contribution in [1.82, 2.24) is 10.3 Å². The number of carboxylic acids is 1. The fourth-order valence-electron chi connectivity index (χ4n) is 3.65. The maximum Gasteiger partial charge on any atom is 0.341 e. The predicted molar refractivity (Wildman–Crippen MR) is 108 cm³/mol. The third-order valence-electron chi connectivity index (χ3n) is 5.04. The van der Waals surface area contributed by atoms with Crippen LogP contribution in [0.5, 0.6) is 5.75 Å². The molecule has 2 aromatic carbocycles. The third kappa shape index (κ3) is 4.06. The highest BCUT2D eigenvalue weighted by molar-refractivity contribution is 6.31. The van der Waals surface area contributed by atoms with Gasteiger partial charge in [0.05, 0.1) is 12.1 Å². The smallest absolute Gasteiger partial charge is 0.341 e. The van der Waals surface area contributed by atoms with Crippen molar-refractivity contribution >= 4 is 34.4 Å². The number of carbonyl (C=O) groups is 2. The molecule has 0 saturated heterocycles. The van der Waals surface area contributed by atoms with Gasteiger partial charge in [-0.15, -0.1) is 0 Å². The molecule has 0 aliphatic heterocycles. The lowest BCUT2D eigenvalue weighted by molar-refractivity contribution is -0.139. The Morgan fingerprint density at radius 1 is 1.21 bits per heavy atom. The van der Waals surface area contributed by atoms with Crippen molar-refractivity contribution in [3.8, 4) is 5.75 Å². The Kier molecular flexibility index (Phi) is 5.17. The standard InChI is InChI=1S/C21H19ClN2O5/c22-13-4-5-15-12(6-13)7-17(23-15)21(28)24-16-9-14-11(8-18(16)25)2-1-3-19(14)29-10-20(26)27/h1-7,16,18,23,25H,8-10H2,(H,24,28)(H,26,27)/t16?,18-/m1/s1. The lowest BCUT2D eigenvalue weighted by atomic mass is 9.85. The Morgan fingerprint density at radius 2 is 2.03 bits per heavy atom. The Hall–Kier alpha value is -3.03. The number of hydrogen-bond donors (Lipinski definition) is 4.